The third kappa shape index (κ3) is 2.29. The van der Waals surface area contributed by atoms with E-state index in [1.807, 2.05) is 16.8 Å². The highest BCUT2D eigenvalue weighted by Gasteiger charge is 2.23. The van der Waals surface area contributed by atoms with Crippen LogP contribution >= 0.6 is 23.2 Å². The lowest BCUT2D eigenvalue weighted by atomic mass is 10.1. The molecule has 3 rings (SSSR count). The first-order chi connectivity index (χ1) is 9.72. The van der Waals surface area contributed by atoms with Gasteiger partial charge in [-0.25, -0.2) is 4.68 Å². The number of rotatable bonds is 4. The fourth-order valence-electron chi connectivity index (χ4n) is 2.62. The van der Waals surface area contributed by atoms with Crippen molar-refractivity contribution in [1.29, 1.82) is 0 Å². The Balaban J connectivity index is 2.08. The van der Waals surface area contributed by atoms with E-state index in [-0.39, 0.29) is 0 Å². The molecule has 1 N–H and O–H groups in total. The van der Waals surface area contributed by atoms with Crippen molar-refractivity contribution >= 4 is 29.0 Å². The van der Waals surface area contributed by atoms with Crippen molar-refractivity contribution in [3.63, 3.8) is 0 Å². The second-order valence-corrected chi connectivity index (χ2v) is 5.82. The van der Waals surface area contributed by atoms with E-state index in [0.717, 1.165) is 37.3 Å². The average Bonchev–Trinajstić information content (AvgIpc) is 3.02. The molecule has 0 saturated carbocycles. The molecule has 0 saturated heterocycles. The Morgan fingerprint density at radius 2 is 2.20 bits per heavy atom. The van der Waals surface area contributed by atoms with Crippen molar-refractivity contribution in [2.75, 3.05) is 11.9 Å². The predicted octanol–water partition coefficient (Wildman–Crippen LogP) is 4.49. The zero-order valence-electron chi connectivity index (χ0n) is 11.4. The number of benzene rings is 1. The van der Waals surface area contributed by atoms with E-state index in [0.29, 0.717) is 10.0 Å². The van der Waals surface area contributed by atoms with Crippen LogP contribution in [0.4, 0.5) is 5.82 Å². The number of halogens is 2. The molecular formula is C15H17Cl2N3. The maximum atomic E-state index is 6.32. The monoisotopic (exact) mass is 309 g/mol. The first-order valence-electron chi connectivity index (χ1n) is 7.01. The van der Waals surface area contributed by atoms with Crippen LogP contribution in [0, 0.1) is 0 Å². The summed E-state index contributed by atoms with van der Waals surface area (Å²) in [7, 11) is 0. The molecule has 0 atom stereocenters. The topological polar surface area (TPSA) is 29.9 Å². The summed E-state index contributed by atoms with van der Waals surface area (Å²) in [5.74, 6) is 1.07. The largest absolute Gasteiger partial charge is 0.369 e. The molecule has 0 fully saturated rings. The van der Waals surface area contributed by atoms with Crippen LogP contribution in [0.5, 0.6) is 0 Å². The van der Waals surface area contributed by atoms with Crippen molar-refractivity contribution in [1.82, 2.24) is 9.78 Å². The standard InChI is InChI=1S/C15H17Cl2N3/c1-2-3-6-12-10-8-9-18-15(10)20(19-12)13-7-4-5-11(16)14(13)17/h4-5,7,18H,2-3,6,8-9H2,1H3. The Kier molecular flexibility index (Phi) is 3.90. The number of anilines is 1. The van der Waals surface area contributed by atoms with E-state index < -0.39 is 0 Å². The molecule has 1 aromatic heterocycles. The Morgan fingerprint density at radius 3 is 3.00 bits per heavy atom. The van der Waals surface area contributed by atoms with Crippen LogP contribution in [0.1, 0.15) is 31.0 Å². The van der Waals surface area contributed by atoms with Gasteiger partial charge in [-0.2, -0.15) is 5.10 Å². The second kappa shape index (κ2) is 5.66. The van der Waals surface area contributed by atoms with Gasteiger partial charge in [0, 0.05) is 12.1 Å². The lowest BCUT2D eigenvalue weighted by Gasteiger charge is -2.09. The molecule has 0 radical (unpaired) electrons. The highest BCUT2D eigenvalue weighted by atomic mass is 35.5. The number of unbranched alkanes of at least 4 members (excludes halogenated alkanes) is 1. The van der Waals surface area contributed by atoms with Gasteiger partial charge in [0.25, 0.3) is 0 Å². The molecule has 2 aromatic rings. The van der Waals surface area contributed by atoms with Crippen LogP contribution in [0.25, 0.3) is 5.69 Å². The summed E-state index contributed by atoms with van der Waals surface area (Å²) in [4.78, 5) is 0. The van der Waals surface area contributed by atoms with Crippen molar-refractivity contribution in [2.45, 2.75) is 32.6 Å². The van der Waals surface area contributed by atoms with E-state index >= 15 is 0 Å². The number of aryl methyl sites for hydroxylation is 1. The maximum absolute atomic E-state index is 6.32. The minimum Gasteiger partial charge on any atom is -0.369 e. The fourth-order valence-corrected chi connectivity index (χ4v) is 3.00. The molecule has 1 aromatic carbocycles. The molecule has 0 amide bonds. The summed E-state index contributed by atoms with van der Waals surface area (Å²) in [5.41, 5.74) is 3.35. The number of aromatic nitrogens is 2. The van der Waals surface area contributed by atoms with E-state index in [4.69, 9.17) is 28.3 Å². The van der Waals surface area contributed by atoms with Gasteiger partial charge in [-0.15, -0.1) is 0 Å². The molecule has 0 spiro atoms. The Labute approximate surface area is 128 Å². The quantitative estimate of drug-likeness (QED) is 0.901. The molecule has 1 aliphatic rings. The van der Waals surface area contributed by atoms with E-state index in [1.54, 1.807) is 6.07 Å². The van der Waals surface area contributed by atoms with Gasteiger partial charge < -0.3 is 5.32 Å². The summed E-state index contributed by atoms with van der Waals surface area (Å²) in [6.45, 7) is 3.16. The molecule has 0 aliphatic carbocycles. The minimum absolute atomic E-state index is 0.551. The van der Waals surface area contributed by atoms with Crippen molar-refractivity contribution in [3.05, 3.63) is 39.5 Å². The summed E-state index contributed by atoms with van der Waals surface area (Å²) < 4.78 is 1.90. The normalized spacial score (nSPS) is 13.3. The van der Waals surface area contributed by atoms with Crippen LogP contribution in [-0.4, -0.2) is 16.3 Å². The van der Waals surface area contributed by atoms with Gasteiger partial charge in [-0.05, 0) is 31.4 Å². The number of hydrogen-bond donors (Lipinski definition) is 1. The average molecular weight is 310 g/mol. The van der Waals surface area contributed by atoms with Gasteiger partial charge >= 0.3 is 0 Å². The zero-order chi connectivity index (χ0) is 14.1. The van der Waals surface area contributed by atoms with Crippen LogP contribution in [0.15, 0.2) is 18.2 Å². The van der Waals surface area contributed by atoms with Gasteiger partial charge in [-0.3, -0.25) is 0 Å². The third-order valence-electron chi connectivity index (χ3n) is 3.66. The number of hydrogen-bond acceptors (Lipinski definition) is 2. The van der Waals surface area contributed by atoms with E-state index in [1.165, 1.54) is 17.7 Å². The minimum atomic E-state index is 0.551. The molecule has 5 heteroatoms. The second-order valence-electron chi connectivity index (χ2n) is 5.04. The first kappa shape index (κ1) is 13.8. The Hall–Kier alpha value is -1.19. The highest BCUT2D eigenvalue weighted by molar-refractivity contribution is 6.43. The lowest BCUT2D eigenvalue weighted by molar-refractivity contribution is 0.744. The zero-order valence-corrected chi connectivity index (χ0v) is 12.9. The molecule has 1 aliphatic heterocycles. The van der Waals surface area contributed by atoms with Crippen LogP contribution in [0.2, 0.25) is 10.0 Å². The Bertz CT molecular complexity index is 634. The summed E-state index contributed by atoms with van der Waals surface area (Å²) in [6.07, 6.45) is 4.39. The maximum Gasteiger partial charge on any atom is 0.133 e. The smallest absolute Gasteiger partial charge is 0.133 e. The van der Waals surface area contributed by atoms with Crippen molar-refractivity contribution in [3.8, 4) is 5.69 Å². The lowest BCUT2D eigenvalue weighted by Crippen LogP contribution is -2.05. The van der Waals surface area contributed by atoms with Gasteiger partial charge in [0.2, 0.25) is 0 Å². The van der Waals surface area contributed by atoms with Gasteiger partial charge in [0.05, 0.1) is 21.4 Å². The van der Waals surface area contributed by atoms with Gasteiger partial charge in [0.1, 0.15) is 5.82 Å². The summed E-state index contributed by atoms with van der Waals surface area (Å²) >= 11 is 12.4. The highest BCUT2D eigenvalue weighted by Crippen LogP contribution is 2.34. The molecular weight excluding hydrogens is 293 g/mol. The first-order valence-corrected chi connectivity index (χ1v) is 7.77. The van der Waals surface area contributed by atoms with Crippen LogP contribution in [0.3, 0.4) is 0 Å². The molecule has 0 bridgehead atoms. The van der Waals surface area contributed by atoms with Crippen molar-refractivity contribution in [2.24, 2.45) is 0 Å². The predicted molar refractivity (Wildman–Crippen MR) is 84.4 cm³/mol. The van der Waals surface area contributed by atoms with Crippen LogP contribution < -0.4 is 5.32 Å². The summed E-state index contributed by atoms with van der Waals surface area (Å²) in [5, 5.41) is 9.27. The van der Waals surface area contributed by atoms with Crippen LogP contribution in [-0.2, 0) is 12.8 Å². The molecule has 20 heavy (non-hydrogen) atoms. The fraction of sp³-hybridized carbons (Fsp3) is 0.400. The molecule has 106 valence electrons. The van der Waals surface area contributed by atoms with Gasteiger partial charge in [0.15, 0.2) is 0 Å². The van der Waals surface area contributed by atoms with Crippen molar-refractivity contribution < 1.29 is 0 Å². The molecule has 2 heterocycles. The third-order valence-corrected chi connectivity index (χ3v) is 4.47. The summed E-state index contributed by atoms with van der Waals surface area (Å²) in [6, 6.07) is 5.64. The number of nitrogens with one attached hydrogen (secondary N) is 1. The van der Waals surface area contributed by atoms with E-state index in [2.05, 4.69) is 12.2 Å². The van der Waals surface area contributed by atoms with Gasteiger partial charge in [-0.1, -0.05) is 42.6 Å². The molecule has 3 nitrogen and oxygen atoms in total. The number of nitrogens with zero attached hydrogens (tertiary/aromatic N) is 2. The van der Waals surface area contributed by atoms with E-state index in [9.17, 15) is 0 Å². The number of fused-ring (bicyclic) bond motifs is 1. The molecule has 0 unspecified atom stereocenters. The SMILES string of the molecule is CCCCc1nn(-c2cccc(Cl)c2Cl)c2c1CCN2. The Morgan fingerprint density at radius 1 is 1.35 bits per heavy atom.